The summed E-state index contributed by atoms with van der Waals surface area (Å²) in [4.78, 5) is 21.0. The van der Waals surface area contributed by atoms with Crippen molar-refractivity contribution < 1.29 is 9.18 Å². The summed E-state index contributed by atoms with van der Waals surface area (Å²) in [6, 6.07) is 17.1. The summed E-state index contributed by atoms with van der Waals surface area (Å²) in [5, 5.41) is 5.94. The minimum absolute atomic E-state index is 0.224. The molecule has 0 saturated carbocycles. The zero-order chi connectivity index (χ0) is 19.8. The number of aliphatic imine (C=N–C) groups is 1. The van der Waals surface area contributed by atoms with Crippen LogP contribution in [0.4, 0.5) is 10.1 Å². The number of nitrogens with zero attached hydrogens (tertiary/aromatic N) is 2. The lowest BCUT2D eigenvalue weighted by molar-refractivity contribution is 0.0976. The first-order valence-corrected chi connectivity index (χ1v) is 9.01. The second-order valence-electron chi connectivity index (χ2n) is 6.12. The fourth-order valence-corrected chi connectivity index (χ4v) is 2.66. The van der Waals surface area contributed by atoms with Crippen LogP contribution in [-0.4, -0.2) is 16.9 Å². The first-order chi connectivity index (χ1) is 13.7. The SMILES string of the molecule is CCc1ccccc1NC(=NCc1ccncc1)NC(=O)c1cccc(F)c1. The van der Waals surface area contributed by atoms with Gasteiger partial charge in [0.15, 0.2) is 0 Å². The zero-order valence-corrected chi connectivity index (χ0v) is 15.5. The number of para-hydroxylation sites is 1. The summed E-state index contributed by atoms with van der Waals surface area (Å²) in [5.41, 5.74) is 3.14. The predicted molar refractivity (Wildman–Crippen MR) is 109 cm³/mol. The van der Waals surface area contributed by atoms with Crippen molar-refractivity contribution in [3.05, 3.63) is 95.6 Å². The molecule has 0 fully saturated rings. The Morgan fingerprint density at radius 2 is 1.86 bits per heavy atom. The van der Waals surface area contributed by atoms with Gasteiger partial charge in [0, 0.05) is 23.6 Å². The number of hydrogen-bond acceptors (Lipinski definition) is 3. The largest absolute Gasteiger partial charge is 0.326 e. The van der Waals surface area contributed by atoms with Crippen molar-refractivity contribution in [1.29, 1.82) is 0 Å². The van der Waals surface area contributed by atoms with E-state index < -0.39 is 11.7 Å². The molecule has 0 aliphatic heterocycles. The van der Waals surface area contributed by atoms with Gasteiger partial charge in [-0.25, -0.2) is 9.38 Å². The molecule has 0 aliphatic rings. The van der Waals surface area contributed by atoms with Gasteiger partial charge in [0.05, 0.1) is 6.54 Å². The lowest BCUT2D eigenvalue weighted by Crippen LogP contribution is -2.36. The molecule has 0 saturated heterocycles. The van der Waals surface area contributed by atoms with E-state index in [1.54, 1.807) is 18.5 Å². The number of nitrogens with one attached hydrogen (secondary N) is 2. The maximum Gasteiger partial charge on any atom is 0.258 e. The fraction of sp³-hybridized carbons (Fsp3) is 0.136. The van der Waals surface area contributed by atoms with Crippen LogP contribution in [0.3, 0.4) is 0 Å². The van der Waals surface area contributed by atoms with Gasteiger partial charge in [-0.15, -0.1) is 0 Å². The number of pyridine rings is 1. The van der Waals surface area contributed by atoms with Gasteiger partial charge in [0.1, 0.15) is 5.82 Å². The van der Waals surface area contributed by atoms with Crippen LogP contribution in [-0.2, 0) is 13.0 Å². The number of guanidine groups is 1. The second kappa shape index (κ2) is 9.41. The zero-order valence-electron chi connectivity index (χ0n) is 15.5. The van der Waals surface area contributed by atoms with E-state index in [1.807, 2.05) is 36.4 Å². The standard InChI is InChI=1S/C22H21FN4O/c1-2-17-6-3-4-9-20(17)26-22(25-15-16-10-12-24-13-11-16)27-21(28)18-7-5-8-19(23)14-18/h3-14H,2,15H2,1H3,(H2,25,26,27,28). The van der Waals surface area contributed by atoms with Gasteiger partial charge >= 0.3 is 0 Å². The molecule has 3 aromatic rings. The van der Waals surface area contributed by atoms with Gasteiger partial charge in [0.2, 0.25) is 5.96 Å². The normalized spacial score (nSPS) is 11.1. The average molecular weight is 376 g/mol. The molecule has 0 unspecified atom stereocenters. The molecule has 142 valence electrons. The molecule has 6 heteroatoms. The van der Waals surface area contributed by atoms with E-state index in [0.717, 1.165) is 23.2 Å². The van der Waals surface area contributed by atoms with Gasteiger partial charge in [-0.3, -0.25) is 15.1 Å². The van der Waals surface area contributed by atoms with Crippen molar-refractivity contribution in [3.8, 4) is 0 Å². The van der Waals surface area contributed by atoms with Gasteiger partial charge in [0.25, 0.3) is 5.91 Å². The first-order valence-electron chi connectivity index (χ1n) is 9.01. The van der Waals surface area contributed by atoms with Crippen molar-refractivity contribution in [2.45, 2.75) is 19.9 Å². The number of aryl methyl sites for hydroxylation is 1. The van der Waals surface area contributed by atoms with Crippen molar-refractivity contribution in [1.82, 2.24) is 10.3 Å². The molecule has 1 heterocycles. The smallest absolute Gasteiger partial charge is 0.258 e. The van der Waals surface area contributed by atoms with Crippen LogP contribution >= 0.6 is 0 Å². The molecule has 0 spiro atoms. The number of anilines is 1. The van der Waals surface area contributed by atoms with Crippen LogP contribution in [0.25, 0.3) is 0 Å². The third-order valence-electron chi connectivity index (χ3n) is 4.14. The van der Waals surface area contributed by atoms with E-state index in [4.69, 9.17) is 0 Å². The summed E-state index contributed by atoms with van der Waals surface area (Å²) in [5.74, 6) is -0.603. The Morgan fingerprint density at radius 3 is 2.61 bits per heavy atom. The highest BCUT2D eigenvalue weighted by molar-refractivity contribution is 6.10. The number of halogens is 1. The minimum Gasteiger partial charge on any atom is -0.326 e. The maximum atomic E-state index is 13.4. The summed E-state index contributed by atoms with van der Waals surface area (Å²) in [6.45, 7) is 2.42. The summed E-state index contributed by atoms with van der Waals surface area (Å²) in [6.07, 6.45) is 4.21. The average Bonchev–Trinajstić information content (AvgIpc) is 2.73. The molecule has 28 heavy (non-hydrogen) atoms. The molecule has 2 aromatic carbocycles. The molecule has 3 rings (SSSR count). The van der Waals surface area contributed by atoms with E-state index >= 15 is 0 Å². The van der Waals surface area contributed by atoms with Gasteiger partial charge < -0.3 is 5.32 Å². The Labute approximate surface area is 163 Å². The summed E-state index contributed by atoms with van der Waals surface area (Å²) < 4.78 is 13.4. The third-order valence-corrected chi connectivity index (χ3v) is 4.14. The van der Waals surface area contributed by atoms with Gasteiger partial charge in [-0.05, 0) is 53.9 Å². The highest BCUT2D eigenvalue weighted by atomic mass is 19.1. The fourth-order valence-electron chi connectivity index (χ4n) is 2.66. The van der Waals surface area contributed by atoms with Crippen molar-refractivity contribution in [2.24, 2.45) is 4.99 Å². The van der Waals surface area contributed by atoms with E-state index in [0.29, 0.717) is 12.5 Å². The molecule has 0 aliphatic carbocycles. The second-order valence-corrected chi connectivity index (χ2v) is 6.12. The number of amides is 1. The Kier molecular flexibility index (Phi) is 6.46. The van der Waals surface area contributed by atoms with Crippen LogP contribution in [0.1, 0.15) is 28.4 Å². The van der Waals surface area contributed by atoms with Crippen molar-refractivity contribution in [3.63, 3.8) is 0 Å². The van der Waals surface area contributed by atoms with Crippen molar-refractivity contribution >= 4 is 17.6 Å². The van der Waals surface area contributed by atoms with E-state index in [1.165, 1.54) is 18.2 Å². The van der Waals surface area contributed by atoms with E-state index in [9.17, 15) is 9.18 Å². The lowest BCUT2D eigenvalue weighted by Gasteiger charge is -2.14. The van der Waals surface area contributed by atoms with E-state index in [2.05, 4.69) is 27.5 Å². The maximum absolute atomic E-state index is 13.4. The van der Waals surface area contributed by atoms with Crippen LogP contribution in [0.15, 0.2) is 78.0 Å². The number of carbonyl (C=O) groups is 1. The molecule has 0 atom stereocenters. The molecule has 5 nitrogen and oxygen atoms in total. The molecule has 0 radical (unpaired) electrons. The molecular formula is C22H21FN4O. The molecule has 0 bridgehead atoms. The third kappa shape index (κ3) is 5.23. The summed E-state index contributed by atoms with van der Waals surface area (Å²) in [7, 11) is 0. The Balaban J connectivity index is 1.84. The van der Waals surface area contributed by atoms with Crippen LogP contribution in [0.2, 0.25) is 0 Å². The number of benzene rings is 2. The minimum atomic E-state index is -0.466. The number of aromatic nitrogens is 1. The quantitative estimate of drug-likeness (QED) is 0.519. The van der Waals surface area contributed by atoms with Gasteiger partial charge in [-0.1, -0.05) is 31.2 Å². The number of carbonyl (C=O) groups excluding carboxylic acids is 1. The van der Waals surface area contributed by atoms with Crippen LogP contribution in [0.5, 0.6) is 0 Å². The summed E-state index contributed by atoms with van der Waals surface area (Å²) >= 11 is 0. The van der Waals surface area contributed by atoms with Crippen LogP contribution in [0, 0.1) is 5.82 Å². The monoisotopic (exact) mass is 376 g/mol. The molecule has 1 aromatic heterocycles. The Morgan fingerprint density at radius 1 is 1.07 bits per heavy atom. The lowest BCUT2D eigenvalue weighted by atomic mass is 10.1. The number of hydrogen-bond donors (Lipinski definition) is 2. The highest BCUT2D eigenvalue weighted by Crippen LogP contribution is 2.15. The van der Waals surface area contributed by atoms with Gasteiger partial charge in [-0.2, -0.15) is 0 Å². The Bertz CT molecular complexity index is 973. The molecular weight excluding hydrogens is 355 g/mol. The first kappa shape index (κ1) is 19.2. The van der Waals surface area contributed by atoms with Crippen LogP contribution < -0.4 is 10.6 Å². The highest BCUT2D eigenvalue weighted by Gasteiger charge is 2.11. The number of rotatable bonds is 5. The predicted octanol–water partition coefficient (Wildman–Crippen LogP) is 4.18. The van der Waals surface area contributed by atoms with E-state index in [-0.39, 0.29) is 5.56 Å². The molecule has 1 amide bonds. The topological polar surface area (TPSA) is 66.4 Å². The Hall–Kier alpha value is -3.54. The van der Waals surface area contributed by atoms with Crippen molar-refractivity contribution in [2.75, 3.05) is 5.32 Å². The molecule has 2 N–H and O–H groups in total.